The number of hydrogen-bond donors (Lipinski definition) is 1. The van der Waals surface area contributed by atoms with E-state index < -0.39 is 0 Å². The van der Waals surface area contributed by atoms with Crippen molar-refractivity contribution in [1.82, 2.24) is 10.3 Å². The first-order chi connectivity index (χ1) is 10.5. The van der Waals surface area contributed by atoms with Crippen molar-refractivity contribution in [2.24, 2.45) is 5.92 Å². The Kier molecular flexibility index (Phi) is 5.55. The van der Waals surface area contributed by atoms with Crippen molar-refractivity contribution in [2.45, 2.75) is 34.2 Å². The summed E-state index contributed by atoms with van der Waals surface area (Å²) in [5, 5.41) is 3.82. The van der Waals surface area contributed by atoms with E-state index in [9.17, 15) is 4.79 Å². The molecule has 4 nitrogen and oxygen atoms in total. The molecule has 2 rings (SSSR count). The second kappa shape index (κ2) is 7.40. The third kappa shape index (κ3) is 4.56. The molecular weight excluding hydrogens is 296 g/mol. The standard InChI is InChI=1S/C17H22N2O2S/c1-11(2)10-21-15-7-5-14(6-8-15)17(20)18-9-16-19-12(3)13(4)22-16/h5-8,11H,9-10H2,1-4H3,(H,18,20). The molecule has 2 aromatic rings. The smallest absolute Gasteiger partial charge is 0.251 e. The predicted octanol–water partition coefficient (Wildman–Crippen LogP) is 3.72. The quantitative estimate of drug-likeness (QED) is 0.883. The van der Waals surface area contributed by atoms with Crippen LogP contribution >= 0.6 is 11.3 Å². The Bertz CT molecular complexity index is 613. The number of amides is 1. The molecular formula is C17H22N2O2S. The maximum Gasteiger partial charge on any atom is 0.251 e. The lowest BCUT2D eigenvalue weighted by molar-refractivity contribution is 0.0951. The van der Waals surface area contributed by atoms with E-state index in [1.165, 1.54) is 4.88 Å². The lowest BCUT2D eigenvalue weighted by Gasteiger charge is -2.09. The van der Waals surface area contributed by atoms with Gasteiger partial charge in [0.05, 0.1) is 18.8 Å². The van der Waals surface area contributed by atoms with Crippen molar-refractivity contribution >= 4 is 17.2 Å². The lowest BCUT2D eigenvalue weighted by Crippen LogP contribution is -2.22. The molecule has 1 N–H and O–H groups in total. The third-order valence-corrected chi connectivity index (χ3v) is 4.25. The molecule has 22 heavy (non-hydrogen) atoms. The van der Waals surface area contributed by atoms with E-state index in [0.717, 1.165) is 16.5 Å². The topological polar surface area (TPSA) is 51.2 Å². The van der Waals surface area contributed by atoms with Gasteiger partial charge in [-0.25, -0.2) is 4.98 Å². The number of carbonyl (C=O) groups is 1. The number of aryl methyl sites for hydroxylation is 2. The van der Waals surface area contributed by atoms with Crippen molar-refractivity contribution < 1.29 is 9.53 Å². The first kappa shape index (κ1) is 16.5. The van der Waals surface area contributed by atoms with Crippen LogP contribution in [0.15, 0.2) is 24.3 Å². The highest BCUT2D eigenvalue weighted by Gasteiger charge is 2.08. The number of nitrogens with zero attached hydrogens (tertiary/aromatic N) is 1. The fourth-order valence-corrected chi connectivity index (χ4v) is 2.71. The molecule has 1 aromatic carbocycles. The van der Waals surface area contributed by atoms with E-state index in [1.807, 2.05) is 26.0 Å². The van der Waals surface area contributed by atoms with Gasteiger partial charge in [0.1, 0.15) is 10.8 Å². The molecule has 0 unspecified atom stereocenters. The van der Waals surface area contributed by atoms with Gasteiger partial charge in [0.15, 0.2) is 0 Å². The Morgan fingerprint density at radius 3 is 2.50 bits per heavy atom. The highest BCUT2D eigenvalue weighted by atomic mass is 32.1. The van der Waals surface area contributed by atoms with Gasteiger partial charge >= 0.3 is 0 Å². The molecule has 0 atom stereocenters. The van der Waals surface area contributed by atoms with E-state index in [1.54, 1.807) is 23.5 Å². The molecule has 118 valence electrons. The minimum absolute atomic E-state index is 0.0964. The molecule has 1 aromatic heterocycles. The van der Waals surface area contributed by atoms with Crippen LogP contribution in [0.25, 0.3) is 0 Å². The van der Waals surface area contributed by atoms with Crippen LogP contribution in [0, 0.1) is 19.8 Å². The Morgan fingerprint density at radius 2 is 1.95 bits per heavy atom. The Balaban J connectivity index is 1.89. The van der Waals surface area contributed by atoms with Crippen LogP contribution in [-0.2, 0) is 6.54 Å². The van der Waals surface area contributed by atoms with E-state index >= 15 is 0 Å². The van der Waals surface area contributed by atoms with Crippen LogP contribution in [0.5, 0.6) is 5.75 Å². The number of rotatable bonds is 6. The molecule has 0 bridgehead atoms. The van der Waals surface area contributed by atoms with Crippen LogP contribution < -0.4 is 10.1 Å². The monoisotopic (exact) mass is 318 g/mol. The van der Waals surface area contributed by atoms with Crippen LogP contribution in [-0.4, -0.2) is 17.5 Å². The van der Waals surface area contributed by atoms with Gasteiger partial charge in [0, 0.05) is 10.4 Å². The number of ether oxygens (including phenoxy) is 1. The van der Waals surface area contributed by atoms with E-state index in [-0.39, 0.29) is 5.91 Å². The average molecular weight is 318 g/mol. The summed E-state index contributed by atoms with van der Waals surface area (Å²) in [5.74, 6) is 1.17. The second-order valence-electron chi connectivity index (χ2n) is 5.66. The minimum atomic E-state index is -0.0964. The zero-order valence-electron chi connectivity index (χ0n) is 13.5. The van der Waals surface area contributed by atoms with Gasteiger partial charge in [-0.05, 0) is 44.0 Å². The molecule has 0 aliphatic rings. The normalized spacial score (nSPS) is 10.8. The maximum absolute atomic E-state index is 12.1. The first-order valence-electron chi connectivity index (χ1n) is 7.39. The Hall–Kier alpha value is -1.88. The molecule has 0 aliphatic heterocycles. The van der Waals surface area contributed by atoms with Gasteiger partial charge in [0.2, 0.25) is 0 Å². The van der Waals surface area contributed by atoms with E-state index in [2.05, 4.69) is 24.1 Å². The van der Waals surface area contributed by atoms with Crippen molar-refractivity contribution in [3.05, 3.63) is 45.4 Å². The highest BCUT2D eigenvalue weighted by molar-refractivity contribution is 7.11. The summed E-state index contributed by atoms with van der Waals surface area (Å²) in [7, 11) is 0. The van der Waals surface area contributed by atoms with Crippen LogP contribution in [0.4, 0.5) is 0 Å². The molecule has 0 saturated carbocycles. The van der Waals surface area contributed by atoms with Crippen LogP contribution in [0.1, 0.15) is 39.8 Å². The number of carbonyl (C=O) groups excluding carboxylic acids is 1. The number of thiazole rings is 1. The molecule has 0 spiro atoms. The van der Waals surface area contributed by atoms with E-state index in [4.69, 9.17) is 4.74 Å². The first-order valence-corrected chi connectivity index (χ1v) is 8.21. The molecule has 0 radical (unpaired) electrons. The molecule has 1 amide bonds. The zero-order chi connectivity index (χ0) is 16.1. The third-order valence-electron chi connectivity index (χ3n) is 3.17. The van der Waals surface area contributed by atoms with Gasteiger partial charge in [-0.3, -0.25) is 4.79 Å². The maximum atomic E-state index is 12.1. The SMILES string of the molecule is Cc1nc(CNC(=O)c2ccc(OCC(C)C)cc2)sc1C. The Morgan fingerprint density at radius 1 is 1.27 bits per heavy atom. The fourth-order valence-electron chi connectivity index (χ4n) is 1.84. The number of benzene rings is 1. The summed E-state index contributed by atoms with van der Waals surface area (Å²) in [6, 6.07) is 7.22. The molecule has 5 heteroatoms. The second-order valence-corrected chi connectivity index (χ2v) is 6.95. The van der Waals surface area contributed by atoms with E-state index in [0.29, 0.717) is 24.6 Å². The summed E-state index contributed by atoms with van der Waals surface area (Å²) in [6.07, 6.45) is 0. The average Bonchev–Trinajstić information content (AvgIpc) is 2.82. The van der Waals surface area contributed by atoms with Crippen LogP contribution in [0.2, 0.25) is 0 Å². The molecule has 0 saturated heterocycles. The predicted molar refractivity (Wildman–Crippen MR) is 89.5 cm³/mol. The van der Waals surface area contributed by atoms with Gasteiger partial charge in [-0.15, -0.1) is 11.3 Å². The fraction of sp³-hybridized carbons (Fsp3) is 0.412. The number of nitrogens with one attached hydrogen (secondary N) is 1. The summed E-state index contributed by atoms with van der Waals surface area (Å²) in [6.45, 7) is 9.35. The zero-order valence-corrected chi connectivity index (χ0v) is 14.3. The van der Waals surface area contributed by atoms with Gasteiger partial charge in [0.25, 0.3) is 5.91 Å². The van der Waals surface area contributed by atoms with Gasteiger partial charge in [-0.2, -0.15) is 0 Å². The summed E-state index contributed by atoms with van der Waals surface area (Å²) in [4.78, 5) is 17.7. The molecule has 0 fully saturated rings. The van der Waals surface area contributed by atoms with Crippen molar-refractivity contribution in [2.75, 3.05) is 6.61 Å². The Labute approximate surface area is 135 Å². The van der Waals surface area contributed by atoms with Crippen LogP contribution in [0.3, 0.4) is 0 Å². The van der Waals surface area contributed by atoms with Crippen molar-refractivity contribution in [3.63, 3.8) is 0 Å². The number of aromatic nitrogens is 1. The number of hydrogen-bond acceptors (Lipinski definition) is 4. The van der Waals surface area contributed by atoms with Gasteiger partial charge in [-0.1, -0.05) is 13.8 Å². The summed E-state index contributed by atoms with van der Waals surface area (Å²) >= 11 is 1.62. The van der Waals surface area contributed by atoms with Crippen molar-refractivity contribution in [1.29, 1.82) is 0 Å². The largest absolute Gasteiger partial charge is 0.493 e. The summed E-state index contributed by atoms with van der Waals surface area (Å²) < 4.78 is 5.61. The van der Waals surface area contributed by atoms with Crippen molar-refractivity contribution in [3.8, 4) is 5.75 Å². The highest BCUT2D eigenvalue weighted by Crippen LogP contribution is 2.17. The molecule has 1 heterocycles. The minimum Gasteiger partial charge on any atom is -0.493 e. The summed E-state index contributed by atoms with van der Waals surface area (Å²) in [5.41, 5.74) is 1.66. The lowest BCUT2D eigenvalue weighted by atomic mass is 10.2. The molecule has 0 aliphatic carbocycles. The van der Waals surface area contributed by atoms with Gasteiger partial charge < -0.3 is 10.1 Å².